The van der Waals surface area contributed by atoms with Crippen molar-refractivity contribution in [1.29, 1.82) is 0 Å². The van der Waals surface area contributed by atoms with Gasteiger partial charge < -0.3 is 9.84 Å². The van der Waals surface area contributed by atoms with Crippen LogP contribution in [0.25, 0.3) is 10.6 Å². The van der Waals surface area contributed by atoms with Crippen LogP contribution in [0.4, 0.5) is 13.2 Å². The predicted octanol–water partition coefficient (Wildman–Crippen LogP) is 8.08. The molecule has 198 valence electrons. The molecule has 1 aromatic heterocycles. The van der Waals surface area contributed by atoms with Gasteiger partial charge in [0.1, 0.15) is 16.9 Å². The smallest absolute Gasteiger partial charge is 0.416 e. The summed E-state index contributed by atoms with van der Waals surface area (Å²) in [5.74, 6) is -0.194. The Bertz CT molecular complexity index is 1380. The Morgan fingerprint density at radius 3 is 2.34 bits per heavy atom. The number of hydrogen-bond donors (Lipinski definition) is 1. The zero-order valence-corrected chi connectivity index (χ0v) is 21.9. The van der Waals surface area contributed by atoms with Crippen LogP contribution in [0, 0.1) is 6.92 Å². The lowest BCUT2D eigenvalue weighted by Gasteiger charge is -2.16. The number of aryl methyl sites for hydroxylation is 4. The molecule has 0 saturated carbocycles. The minimum Gasteiger partial charge on any atom is -0.484 e. The van der Waals surface area contributed by atoms with Crippen molar-refractivity contribution in [2.24, 2.45) is 0 Å². The number of aromatic nitrogens is 1. The third-order valence-corrected chi connectivity index (χ3v) is 7.47. The number of nitrogens with zero attached hydrogens (tertiary/aromatic N) is 1. The number of alkyl halides is 3. The van der Waals surface area contributed by atoms with Gasteiger partial charge in [0.2, 0.25) is 0 Å². The van der Waals surface area contributed by atoms with E-state index in [4.69, 9.17) is 14.8 Å². The van der Waals surface area contributed by atoms with Crippen molar-refractivity contribution in [1.82, 2.24) is 4.98 Å². The molecule has 0 aliphatic heterocycles. The summed E-state index contributed by atoms with van der Waals surface area (Å²) in [6, 6.07) is 20.7. The molecule has 4 nitrogen and oxygen atoms in total. The highest BCUT2D eigenvalue weighted by Crippen LogP contribution is 2.36. The van der Waals surface area contributed by atoms with Crippen LogP contribution in [0.15, 0.2) is 72.8 Å². The third kappa shape index (κ3) is 7.01. The molecule has 4 rings (SSSR count). The topological polar surface area (TPSA) is 59.4 Å². The minimum absolute atomic E-state index is 0.0633. The first kappa shape index (κ1) is 27.4. The number of thiazole rings is 1. The lowest BCUT2D eigenvalue weighted by atomic mass is 10.0. The Hall–Kier alpha value is -3.65. The molecular formula is C30H28F3NO3S. The van der Waals surface area contributed by atoms with E-state index in [9.17, 15) is 18.0 Å². The highest BCUT2D eigenvalue weighted by Gasteiger charge is 2.30. The summed E-state index contributed by atoms with van der Waals surface area (Å²) in [7, 11) is 0. The molecule has 0 aliphatic carbocycles. The minimum atomic E-state index is -4.39. The fourth-order valence-corrected chi connectivity index (χ4v) is 5.36. The zero-order chi connectivity index (χ0) is 27.3. The summed E-state index contributed by atoms with van der Waals surface area (Å²) in [5.41, 5.74) is 3.78. The van der Waals surface area contributed by atoms with Gasteiger partial charge >= 0.3 is 12.1 Å². The summed E-state index contributed by atoms with van der Waals surface area (Å²) in [6.45, 7) is 3.83. The van der Waals surface area contributed by atoms with Crippen molar-refractivity contribution in [2.75, 3.05) is 0 Å². The van der Waals surface area contributed by atoms with Crippen molar-refractivity contribution < 1.29 is 27.8 Å². The Morgan fingerprint density at radius 2 is 1.71 bits per heavy atom. The summed E-state index contributed by atoms with van der Waals surface area (Å²) in [5, 5.41) is 9.61. The first-order chi connectivity index (χ1) is 18.1. The van der Waals surface area contributed by atoms with E-state index in [1.807, 2.05) is 50.2 Å². The number of benzene rings is 3. The fraction of sp³-hybridized carbons (Fsp3) is 0.267. The second-order valence-corrected chi connectivity index (χ2v) is 10.2. The molecule has 8 heteroatoms. The van der Waals surface area contributed by atoms with Crippen molar-refractivity contribution in [3.63, 3.8) is 0 Å². The van der Waals surface area contributed by atoms with E-state index in [1.54, 1.807) is 0 Å². The van der Waals surface area contributed by atoms with Gasteiger partial charge in [-0.1, -0.05) is 48.5 Å². The van der Waals surface area contributed by atoms with E-state index in [2.05, 4.69) is 12.1 Å². The van der Waals surface area contributed by atoms with Gasteiger partial charge in [0.15, 0.2) is 0 Å². The van der Waals surface area contributed by atoms with Gasteiger partial charge in [-0.2, -0.15) is 13.2 Å². The normalized spacial score (nSPS) is 12.3. The number of carbonyl (C=O) groups is 1. The van der Waals surface area contributed by atoms with Gasteiger partial charge in [0.05, 0.1) is 11.3 Å². The maximum atomic E-state index is 13.0. The van der Waals surface area contributed by atoms with Gasteiger partial charge in [0, 0.05) is 16.9 Å². The van der Waals surface area contributed by atoms with Gasteiger partial charge in [-0.3, -0.25) is 4.79 Å². The van der Waals surface area contributed by atoms with Gasteiger partial charge in [0.25, 0.3) is 0 Å². The average Bonchev–Trinajstić information content (AvgIpc) is 3.31. The second kappa shape index (κ2) is 11.8. The average molecular weight is 540 g/mol. The van der Waals surface area contributed by atoms with E-state index in [-0.39, 0.29) is 6.42 Å². The number of rotatable bonds is 10. The highest BCUT2D eigenvalue weighted by molar-refractivity contribution is 7.15. The zero-order valence-electron chi connectivity index (χ0n) is 21.1. The van der Waals surface area contributed by atoms with Crippen molar-refractivity contribution in [3.05, 3.63) is 106 Å². The molecule has 0 aliphatic rings. The number of ether oxygens (including phenoxy) is 1. The van der Waals surface area contributed by atoms with Crippen molar-refractivity contribution >= 4 is 17.3 Å². The molecule has 38 heavy (non-hydrogen) atoms. The lowest BCUT2D eigenvalue weighted by Crippen LogP contribution is -2.07. The molecule has 1 heterocycles. The molecule has 0 radical (unpaired) electrons. The number of carboxylic acid groups (broad SMARTS) is 1. The quantitative estimate of drug-likeness (QED) is 0.221. The molecule has 3 aromatic carbocycles. The summed E-state index contributed by atoms with van der Waals surface area (Å²) in [6.07, 6.45) is -2.76. The molecule has 0 spiro atoms. The molecule has 0 fully saturated rings. The highest BCUT2D eigenvalue weighted by atomic mass is 32.1. The van der Waals surface area contributed by atoms with E-state index >= 15 is 0 Å². The Kier molecular flexibility index (Phi) is 8.52. The second-order valence-electron chi connectivity index (χ2n) is 9.13. The number of aliphatic carboxylic acids is 1. The third-order valence-electron chi connectivity index (χ3n) is 6.29. The SMILES string of the molecule is Cc1cc(OC(C)c2nc(-c3ccc(C(F)(F)F)cc3)sc2CCc2ccccc2)ccc1CCC(=O)O. The van der Waals surface area contributed by atoms with Gasteiger partial charge in [-0.25, -0.2) is 4.98 Å². The monoisotopic (exact) mass is 539 g/mol. The molecule has 0 saturated heterocycles. The van der Waals surface area contributed by atoms with Crippen LogP contribution in [-0.4, -0.2) is 16.1 Å². The van der Waals surface area contributed by atoms with E-state index in [0.29, 0.717) is 22.7 Å². The van der Waals surface area contributed by atoms with Crippen LogP contribution < -0.4 is 4.74 Å². The largest absolute Gasteiger partial charge is 0.484 e. The molecule has 1 unspecified atom stereocenters. The van der Waals surface area contributed by atoms with Crippen LogP contribution in [0.5, 0.6) is 5.75 Å². The van der Waals surface area contributed by atoms with Crippen LogP contribution in [0.1, 0.15) is 52.3 Å². The maximum absolute atomic E-state index is 13.0. The molecule has 4 aromatic rings. The Morgan fingerprint density at radius 1 is 1.00 bits per heavy atom. The van der Waals surface area contributed by atoms with Crippen LogP contribution in [0.3, 0.4) is 0 Å². The number of hydrogen-bond acceptors (Lipinski definition) is 4. The maximum Gasteiger partial charge on any atom is 0.416 e. The fourth-order valence-electron chi connectivity index (χ4n) is 4.21. The van der Waals surface area contributed by atoms with Crippen LogP contribution in [0.2, 0.25) is 0 Å². The van der Waals surface area contributed by atoms with Crippen LogP contribution >= 0.6 is 11.3 Å². The van der Waals surface area contributed by atoms with Crippen molar-refractivity contribution in [3.8, 4) is 16.3 Å². The first-order valence-electron chi connectivity index (χ1n) is 12.3. The van der Waals surface area contributed by atoms with Crippen molar-refractivity contribution in [2.45, 2.75) is 51.8 Å². The summed E-state index contributed by atoms with van der Waals surface area (Å²) < 4.78 is 45.4. The van der Waals surface area contributed by atoms with Gasteiger partial charge in [-0.15, -0.1) is 11.3 Å². The Labute approximate surface area is 223 Å². The van der Waals surface area contributed by atoms with E-state index < -0.39 is 23.8 Å². The molecule has 0 bridgehead atoms. The first-order valence-corrected chi connectivity index (χ1v) is 13.1. The Balaban J connectivity index is 1.58. The molecule has 1 N–H and O–H groups in total. The lowest BCUT2D eigenvalue weighted by molar-refractivity contribution is -0.138. The molecule has 0 amide bonds. The van der Waals surface area contributed by atoms with E-state index in [1.165, 1.54) is 29.0 Å². The molecular weight excluding hydrogens is 511 g/mol. The predicted molar refractivity (Wildman–Crippen MR) is 143 cm³/mol. The molecule has 1 atom stereocenters. The number of carboxylic acids is 1. The summed E-state index contributed by atoms with van der Waals surface area (Å²) >= 11 is 1.47. The summed E-state index contributed by atoms with van der Waals surface area (Å²) in [4.78, 5) is 16.7. The van der Waals surface area contributed by atoms with Crippen LogP contribution in [-0.2, 0) is 30.2 Å². The van der Waals surface area contributed by atoms with Gasteiger partial charge in [-0.05, 0) is 74.1 Å². The van der Waals surface area contributed by atoms with E-state index in [0.717, 1.165) is 46.7 Å². The standard InChI is InChI=1S/C30H28F3NO3S/c1-19-18-25(15-11-22(19)12-17-27(35)36)37-20(2)28-26(16-8-21-6-4-3-5-7-21)38-29(34-28)23-9-13-24(14-10-23)30(31,32)33/h3-7,9-11,13-15,18,20H,8,12,16-17H2,1-2H3,(H,35,36). The number of halogens is 3.